The zero-order valence-corrected chi connectivity index (χ0v) is 25.9. The Labute approximate surface area is 250 Å². The van der Waals surface area contributed by atoms with Crippen LogP contribution >= 0.6 is 11.3 Å². The van der Waals surface area contributed by atoms with E-state index in [1.165, 1.54) is 16.2 Å². The lowest BCUT2D eigenvalue weighted by Crippen LogP contribution is -2.57. The molecule has 12 heteroatoms. The number of hydrogen-bond donors (Lipinski definition) is 2. The zero-order chi connectivity index (χ0) is 30.3. The molecule has 3 aliphatic rings. The summed E-state index contributed by atoms with van der Waals surface area (Å²) >= 11 is 1.39. The first-order chi connectivity index (χ1) is 19.9. The van der Waals surface area contributed by atoms with Gasteiger partial charge in [0.2, 0.25) is 11.8 Å². The summed E-state index contributed by atoms with van der Waals surface area (Å²) in [5, 5.41) is 6.57. The van der Waals surface area contributed by atoms with Crippen LogP contribution in [0.4, 0.5) is 5.69 Å². The van der Waals surface area contributed by atoms with E-state index in [9.17, 15) is 19.2 Å². The number of likely N-dealkylation sites (N-methyl/N-ethyl adjacent to an activating group) is 2. The van der Waals surface area contributed by atoms with Crippen LogP contribution in [-0.2, 0) is 27.3 Å². The summed E-state index contributed by atoms with van der Waals surface area (Å²) in [4.78, 5) is 68.9. The monoisotopic (exact) mass is 593 g/mol. The number of rotatable bonds is 6. The molecule has 1 saturated carbocycles. The average Bonchev–Trinajstić information content (AvgIpc) is 3.54. The molecule has 42 heavy (non-hydrogen) atoms. The third-order valence-corrected chi connectivity index (χ3v) is 9.40. The summed E-state index contributed by atoms with van der Waals surface area (Å²) in [6.45, 7) is 3.60. The average molecular weight is 594 g/mol. The maximum atomic E-state index is 13.8. The molecule has 0 saturated heterocycles. The molecule has 5 rings (SSSR count). The van der Waals surface area contributed by atoms with E-state index < -0.39 is 23.9 Å². The second-order valence-corrected chi connectivity index (χ2v) is 13.1. The molecule has 3 heterocycles. The fourth-order valence-corrected chi connectivity index (χ4v) is 7.11. The molecule has 0 spiro atoms. The minimum Gasteiger partial charge on any atom is -0.349 e. The predicted octanol–water partition coefficient (Wildman–Crippen LogP) is 1.87. The van der Waals surface area contributed by atoms with Crippen LogP contribution < -0.4 is 10.6 Å². The van der Waals surface area contributed by atoms with Crippen LogP contribution in [0, 0.1) is 12.8 Å². The minimum absolute atomic E-state index is 0.00518. The van der Waals surface area contributed by atoms with Crippen LogP contribution in [0.25, 0.3) is 0 Å². The molecule has 11 nitrogen and oxygen atoms in total. The van der Waals surface area contributed by atoms with Gasteiger partial charge in [0.1, 0.15) is 11.6 Å². The Hall–Kier alpha value is -3.64. The summed E-state index contributed by atoms with van der Waals surface area (Å²) in [5.74, 6) is -2.07. The van der Waals surface area contributed by atoms with Crippen LogP contribution in [0.3, 0.4) is 0 Å². The zero-order valence-electron chi connectivity index (χ0n) is 25.1. The Morgan fingerprint density at radius 3 is 2.40 bits per heavy atom. The maximum Gasteiger partial charge on any atom is 0.280 e. The van der Waals surface area contributed by atoms with E-state index >= 15 is 0 Å². The molecule has 1 aliphatic carbocycles. The van der Waals surface area contributed by atoms with Crippen molar-refractivity contribution >= 4 is 46.4 Å². The Balaban J connectivity index is 1.37. The Bertz CT molecular complexity index is 1450. The van der Waals surface area contributed by atoms with E-state index in [1.807, 2.05) is 32.2 Å². The van der Waals surface area contributed by atoms with Gasteiger partial charge in [0.05, 0.1) is 17.4 Å². The molecule has 224 valence electrons. The lowest BCUT2D eigenvalue weighted by molar-refractivity contribution is -0.134. The van der Waals surface area contributed by atoms with Crippen molar-refractivity contribution in [1.29, 1.82) is 0 Å². The Kier molecular flexibility index (Phi) is 8.47. The highest BCUT2D eigenvalue weighted by Gasteiger charge is 2.41. The van der Waals surface area contributed by atoms with Gasteiger partial charge in [-0.1, -0.05) is 17.7 Å². The van der Waals surface area contributed by atoms with Gasteiger partial charge in [-0.15, -0.1) is 11.3 Å². The number of carbonyl (C=O) groups excluding carboxylic acids is 4. The van der Waals surface area contributed by atoms with Crippen molar-refractivity contribution < 1.29 is 19.2 Å². The van der Waals surface area contributed by atoms with Crippen LogP contribution in [0.1, 0.15) is 56.7 Å². The van der Waals surface area contributed by atoms with Gasteiger partial charge in [-0.2, -0.15) is 0 Å². The number of nitrogens with one attached hydrogen (secondary N) is 2. The number of benzene rings is 1. The fourth-order valence-electron chi connectivity index (χ4n) is 6.02. The molecule has 4 amide bonds. The second kappa shape index (κ2) is 11.9. The number of aromatic nitrogens is 1. The molecule has 1 fully saturated rings. The third kappa shape index (κ3) is 5.96. The molecule has 2 aromatic rings. The molecule has 1 unspecified atom stereocenters. The quantitative estimate of drug-likeness (QED) is 0.527. The molecule has 1 aromatic heterocycles. The second-order valence-electron chi connectivity index (χ2n) is 12.0. The number of carbonyl (C=O) groups is 4. The Morgan fingerprint density at radius 2 is 1.69 bits per heavy atom. The first-order valence-electron chi connectivity index (χ1n) is 14.3. The van der Waals surface area contributed by atoms with E-state index in [4.69, 9.17) is 0 Å². The maximum absolute atomic E-state index is 13.8. The number of fused-ring (bicyclic) bond motifs is 2. The number of amides is 4. The summed E-state index contributed by atoms with van der Waals surface area (Å²) < 4.78 is 0. The summed E-state index contributed by atoms with van der Waals surface area (Å²) in [5.41, 5.74) is 3.40. The molecule has 0 bridgehead atoms. The van der Waals surface area contributed by atoms with Crippen LogP contribution in [-0.4, -0.2) is 103 Å². The van der Waals surface area contributed by atoms with Crippen molar-refractivity contribution in [2.75, 3.05) is 41.8 Å². The Morgan fingerprint density at radius 1 is 0.976 bits per heavy atom. The standard InChI is InChI=1S/C30H39N7O4S/c1-16-7-9-19-18(13-16)24(30(41)36(4)5)25(31-19)26(38)32-20-10-8-17(29(40)35(2)3)14-22(20)33-27(39)28-34-21-11-12-37(6)15-23(21)42-28/h7,9,13,17,20,22,24H,8,10-12,14-15H2,1-6H3,(H,32,38)(H,33,39)/t17-,20-,22+,24?/m0/s1. The van der Waals surface area contributed by atoms with Gasteiger partial charge in [-0.25, -0.2) is 9.98 Å². The summed E-state index contributed by atoms with van der Waals surface area (Å²) in [6.07, 6.45) is 2.24. The highest BCUT2D eigenvalue weighted by Crippen LogP contribution is 2.37. The lowest BCUT2D eigenvalue weighted by atomic mass is 9.81. The van der Waals surface area contributed by atoms with Gasteiger partial charge >= 0.3 is 0 Å². The normalized spacial score (nSPS) is 23.3. The van der Waals surface area contributed by atoms with E-state index in [0.29, 0.717) is 35.5 Å². The van der Waals surface area contributed by atoms with Gasteiger partial charge in [-0.05, 0) is 44.9 Å². The van der Waals surface area contributed by atoms with Gasteiger partial charge in [-0.3, -0.25) is 19.2 Å². The van der Waals surface area contributed by atoms with Crippen molar-refractivity contribution in [1.82, 2.24) is 30.3 Å². The van der Waals surface area contributed by atoms with E-state index in [0.717, 1.165) is 35.6 Å². The number of hydrogen-bond acceptors (Lipinski definition) is 8. The van der Waals surface area contributed by atoms with Crippen molar-refractivity contribution in [2.45, 2.75) is 57.2 Å². The summed E-state index contributed by atoms with van der Waals surface area (Å²) in [6, 6.07) is 4.69. The van der Waals surface area contributed by atoms with Crippen LogP contribution in [0.15, 0.2) is 23.2 Å². The third-order valence-electron chi connectivity index (χ3n) is 8.32. The lowest BCUT2D eigenvalue weighted by Gasteiger charge is -2.37. The van der Waals surface area contributed by atoms with Crippen molar-refractivity contribution in [3.63, 3.8) is 0 Å². The van der Waals surface area contributed by atoms with Crippen molar-refractivity contribution in [3.8, 4) is 0 Å². The fraction of sp³-hybridized carbons (Fsp3) is 0.533. The number of thiazole rings is 1. The molecule has 2 aliphatic heterocycles. The highest BCUT2D eigenvalue weighted by molar-refractivity contribution is 7.13. The van der Waals surface area contributed by atoms with Crippen molar-refractivity contribution in [3.05, 3.63) is 44.9 Å². The molecular formula is C30H39N7O4S. The first kappa shape index (κ1) is 29.8. The van der Waals surface area contributed by atoms with Gasteiger partial charge in [0.15, 0.2) is 5.01 Å². The van der Waals surface area contributed by atoms with Crippen LogP contribution in [0.5, 0.6) is 0 Å². The minimum atomic E-state index is -0.811. The smallest absolute Gasteiger partial charge is 0.280 e. The number of aryl methyl sites for hydroxylation is 1. The van der Waals surface area contributed by atoms with E-state index in [2.05, 4.69) is 25.5 Å². The summed E-state index contributed by atoms with van der Waals surface area (Å²) in [7, 11) is 8.81. The van der Waals surface area contributed by atoms with Crippen molar-refractivity contribution in [2.24, 2.45) is 10.9 Å². The van der Waals surface area contributed by atoms with E-state index in [-0.39, 0.29) is 29.4 Å². The van der Waals surface area contributed by atoms with Gasteiger partial charge in [0.25, 0.3) is 11.8 Å². The largest absolute Gasteiger partial charge is 0.349 e. The van der Waals surface area contributed by atoms with Gasteiger partial charge in [0, 0.05) is 64.5 Å². The number of nitrogens with zero attached hydrogens (tertiary/aromatic N) is 5. The first-order valence-corrected chi connectivity index (χ1v) is 15.1. The molecule has 1 aromatic carbocycles. The van der Waals surface area contributed by atoms with Gasteiger partial charge < -0.3 is 25.3 Å². The SMILES string of the molecule is Cc1ccc2c(c1)C(C(=O)N(C)C)C(C(=O)N[C@H]1CC[C@H](C(=O)N(C)C)C[C@H]1NC(=O)c1nc3c(s1)CN(C)CC3)=N2. The topological polar surface area (TPSA) is 127 Å². The van der Waals surface area contributed by atoms with Crippen LogP contribution in [0.2, 0.25) is 0 Å². The molecule has 0 radical (unpaired) electrons. The van der Waals surface area contributed by atoms with E-state index in [1.54, 1.807) is 33.1 Å². The highest BCUT2D eigenvalue weighted by atomic mass is 32.1. The number of aliphatic imine (C=N–C) groups is 1. The molecular weight excluding hydrogens is 554 g/mol. The molecule has 4 atom stereocenters. The molecule has 2 N–H and O–H groups in total. The predicted molar refractivity (Wildman–Crippen MR) is 161 cm³/mol.